The molecule has 0 aromatic carbocycles. The summed E-state index contributed by atoms with van der Waals surface area (Å²) in [5, 5.41) is 6.13. The van der Waals surface area contributed by atoms with Gasteiger partial charge in [0.05, 0.1) is 5.56 Å². The number of hydrogen-bond donors (Lipinski definition) is 6. The number of nitrogen functional groups attached to an aromatic ring is 1. The fraction of sp³-hybridized carbons (Fsp3) is 0.235. The van der Waals surface area contributed by atoms with Crippen molar-refractivity contribution in [3.05, 3.63) is 54.4 Å². The van der Waals surface area contributed by atoms with Crippen LogP contribution in [0.3, 0.4) is 0 Å². The van der Waals surface area contributed by atoms with Crippen LogP contribution in [0.2, 0.25) is 0 Å². The maximum atomic E-state index is 12.0. The minimum atomic E-state index is -0.152. The SMILES string of the molecule is C=C(NCCSSCCNC(=O)c1ccc(NN)nc1)c1ccc(NNCl)nc1. The highest BCUT2D eigenvalue weighted by atomic mass is 35.5. The van der Waals surface area contributed by atoms with Gasteiger partial charge in [-0.15, -0.1) is 4.94 Å². The molecule has 12 heteroatoms. The molecule has 2 aromatic rings. The molecule has 0 bridgehead atoms. The minimum absolute atomic E-state index is 0.152. The molecule has 2 heterocycles. The molecule has 9 nitrogen and oxygen atoms in total. The van der Waals surface area contributed by atoms with E-state index in [1.165, 1.54) is 6.20 Å². The lowest BCUT2D eigenvalue weighted by atomic mass is 10.2. The van der Waals surface area contributed by atoms with Crippen molar-refractivity contribution in [2.75, 3.05) is 35.4 Å². The zero-order valence-electron chi connectivity index (χ0n) is 15.6. The zero-order valence-corrected chi connectivity index (χ0v) is 18.0. The normalized spacial score (nSPS) is 10.3. The summed E-state index contributed by atoms with van der Waals surface area (Å²) < 4.78 is 0. The van der Waals surface area contributed by atoms with Crippen molar-refractivity contribution >= 4 is 56.6 Å². The highest BCUT2D eigenvalue weighted by molar-refractivity contribution is 8.76. The number of aromatic nitrogens is 2. The van der Waals surface area contributed by atoms with Crippen LogP contribution in [0.5, 0.6) is 0 Å². The Balaban J connectivity index is 1.53. The minimum Gasteiger partial charge on any atom is -0.384 e. The van der Waals surface area contributed by atoms with Gasteiger partial charge >= 0.3 is 0 Å². The smallest absolute Gasteiger partial charge is 0.252 e. The van der Waals surface area contributed by atoms with Crippen LogP contribution < -0.4 is 32.3 Å². The number of pyridine rings is 2. The lowest BCUT2D eigenvalue weighted by molar-refractivity contribution is 0.0956. The number of rotatable bonds is 13. The summed E-state index contributed by atoms with van der Waals surface area (Å²) >= 11 is 5.36. The summed E-state index contributed by atoms with van der Waals surface area (Å²) in [6, 6.07) is 7.03. The van der Waals surface area contributed by atoms with E-state index >= 15 is 0 Å². The van der Waals surface area contributed by atoms with Gasteiger partial charge in [-0.1, -0.05) is 28.2 Å². The first-order chi connectivity index (χ1) is 14.1. The lowest BCUT2D eigenvalue weighted by Crippen LogP contribution is -2.25. The molecule has 0 spiro atoms. The number of amides is 1. The lowest BCUT2D eigenvalue weighted by Gasteiger charge is -2.10. The Morgan fingerprint density at radius 3 is 2.21 bits per heavy atom. The molecule has 0 aliphatic heterocycles. The summed E-state index contributed by atoms with van der Waals surface area (Å²) in [4.78, 5) is 22.5. The van der Waals surface area contributed by atoms with Gasteiger partial charge in [0.1, 0.15) is 11.6 Å². The Labute approximate surface area is 182 Å². The van der Waals surface area contributed by atoms with Crippen LogP contribution in [0.15, 0.2) is 43.2 Å². The predicted molar refractivity (Wildman–Crippen MR) is 123 cm³/mol. The second-order valence-electron chi connectivity index (χ2n) is 5.53. The number of halogens is 1. The van der Waals surface area contributed by atoms with E-state index in [0.29, 0.717) is 23.7 Å². The maximum Gasteiger partial charge on any atom is 0.252 e. The molecule has 0 aliphatic carbocycles. The van der Waals surface area contributed by atoms with E-state index in [4.69, 9.17) is 17.6 Å². The molecule has 156 valence electrons. The Morgan fingerprint density at radius 1 is 1.00 bits per heavy atom. The van der Waals surface area contributed by atoms with E-state index < -0.39 is 0 Å². The molecule has 0 fully saturated rings. The average Bonchev–Trinajstić information content (AvgIpc) is 2.76. The molecule has 0 saturated heterocycles. The van der Waals surface area contributed by atoms with Gasteiger partial charge in [-0.3, -0.25) is 10.2 Å². The molecule has 29 heavy (non-hydrogen) atoms. The van der Waals surface area contributed by atoms with E-state index in [-0.39, 0.29) is 5.91 Å². The molecule has 0 saturated carbocycles. The van der Waals surface area contributed by atoms with Crippen molar-refractivity contribution in [3.8, 4) is 0 Å². The predicted octanol–water partition coefficient (Wildman–Crippen LogP) is 2.20. The van der Waals surface area contributed by atoms with Crippen molar-refractivity contribution < 1.29 is 4.79 Å². The number of anilines is 2. The number of hydrogen-bond acceptors (Lipinski definition) is 10. The second-order valence-corrected chi connectivity index (χ2v) is 8.42. The van der Waals surface area contributed by atoms with Crippen LogP contribution in [-0.2, 0) is 0 Å². The Kier molecular flexibility index (Phi) is 10.5. The van der Waals surface area contributed by atoms with Gasteiger partial charge in [0.2, 0.25) is 0 Å². The van der Waals surface area contributed by atoms with Gasteiger partial charge in [0.25, 0.3) is 5.91 Å². The van der Waals surface area contributed by atoms with Crippen molar-refractivity contribution in [3.63, 3.8) is 0 Å². The topological polar surface area (TPSA) is 129 Å². The first-order valence-electron chi connectivity index (χ1n) is 8.60. The molecule has 0 radical (unpaired) electrons. The monoisotopic (exact) mass is 454 g/mol. The first-order valence-corrected chi connectivity index (χ1v) is 11.5. The fourth-order valence-corrected chi connectivity index (χ4v) is 3.99. The highest BCUT2D eigenvalue weighted by Crippen LogP contribution is 2.20. The van der Waals surface area contributed by atoms with Crippen LogP contribution in [0.4, 0.5) is 11.6 Å². The van der Waals surface area contributed by atoms with Gasteiger partial charge in [0.15, 0.2) is 0 Å². The van der Waals surface area contributed by atoms with Crippen LogP contribution in [-0.4, -0.2) is 40.5 Å². The van der Waals surface area contributed by atoms with Gasteiger partial charge in [-0.05, 0) is 36.0 Å². The third-order valence-electron chi connectivity index (χ3n) is 3.54. The van der Waals surface area contributed by atoms with Crippen LogP contribution in [0, 0.1) is 0 Å². The van der Waals surface area contributed by atoms with E-state index in [9.17, 15) is 4.79 Å². The van der Waals surface area contributed by atoms with Gasteiger partial charge in [-0.25, -0.2) is 15.8 Å². The van der Waals surface area contributed by atoms with Crippen molar-refractivity contribution in [1.29, 1.82) is 0 Å². The molecule has 1 amide bonds. The quantitative estimate of drug-likeness (QED) is 0.0880. The fourth-order valence-electron chi connectivity index (χ4n) is 2.08. The first kappa shape index (κ1) is 23.1. The summed E-state index contributed by atoms with van der Waals surface area (Å²) in [6.45, 7) is 5.37. The van der Waals surface area contributed by atoms with Crippen LogP contribution in [0.1, 0.15) is 15.9 Å². The molecule has 7 N–H and O–H groups in total. The van der Waals surface area contributed by atoms with Crippen molar-refractivity contribution in [1.82, 2.24) is 25.5 Å². The third kappa shape index (κ3) is 8.38. The molecule has 2 rings (SSSR count). The second kappa shape index (κ2) is 13.1. The summed E-state index contributed by atoms with van der Waals surface area (Å²) in [6.07, 6.45) is 3.20. The number of nitrogens with one attached hydrogen (secondary N) is 5. The van der Waals surface area contributed by atoms with Gasteiger partial charge in [0, 0.05) is 48.2 Å². The molecular weight excluding hydrogens is 432 g/mol. The van der Waals surface area contributed by atoms with Crippen LogP contribution >= 0.6 is 33.4 Å². The average molecular weight is 455 g/mol. The molecule has 2 aromatic heterocycles. The highest BCUT2D eigenvalue weighted by Gasteiger charge is 2.05. The van der Waals surface area contributed by atoms with Crippen molar-refractivity contribution in [2.45, 2.75) is 0 Å². The van der Waals surface area contributed by atoms with E-state index in [1.54, 1.807) is 46.0 Å². The summed E-state index contributed by atoms with van der Waals surface area (Å²) in [5.41, 5.74) is 7.33. The van der Waals surface area contributed by atoms with Crippen LogP contribution in [0.25, 0.3) is 5.70 Å². The Bertz CT molecular complexity index is 776. The van der Waals surface area contributed by atoms with E-state index in [2.05, 4.69) is 43.0 Å². The molecule has 0 atom stereocenters. The van der Waals surface area contributed by atoms with Gasteiger partial charge in [-0.2, -0.15) is 0 Å². The zero-order chi connectivity index (χ0) is 20.9. The number of hydrazine groups is 2. The molecule has 0 aliphatic rings. The van der Waals surface area contributed by atoms with E-state index in [0.717, 1.165) is 29.3 Å². The largest absolute Gasteiger partial charge is 0.384 e. The summed E-state index contributed by atoms with van der Waals surface area (Å²) in [7, 11) is 3.43. The number of carbonyl (C=O) groups is 1. The third-order valence-corrected chi connectivity index (χ3v) is 6.04. The molecule has 0 unspecified atom stereocenters. The van der Waals surface area contributed by atoms with Crippen molar-refractivity contribution in [2.24, 2.45) is 5.84 Å². The Hall–Kier alpha value is -2.18. The Morgan fingerprint density at radius 2 is 1.62 bits per heavy atom. The molecular formula is C17H23ClN8OS2. The van der Waals surface area contributed by atoms with E-state index in [1.807, 2.05) is 6.07 Å². The van der Waals surface area contributed by atoms with Gasteiger partial charge < -0.3 is 16.1 Å². The summed E-state index contributed by atoms with van der Waals surface area (Å²) in [5.74, 6) is 7.94. The maximum absolute atomic E-state index is 12.0. The number of nitrogens with zero attached hydrogens (tertiary/aromatic N) is 2. The standard InChI is InChI=1S/C17H23ClN8OS2/c1-12(13-2-5-16(23-10-13)25-26-18)20-6-8-28-29-9-7-21-17(27)14-3-4-15(24-19)22-11-14/h2-5,10-11,20,26H,1,6-9,19H2,(H,21,27)(H,22,24)(H,23,25). The number of carbonyl (C=O) groups excluding carboxylic acids is 1. The number of nitrogens with two attached hydrogens (primary N) is 1.